The summed E-state index contributed by atoms with van der Waals surface area (Å²) < 4.78 is 11.3. The number of carbonyl (C=O) groups is 2. The maximum Gasteiger partial charge on any atom is 0.267 e. The smallest absolute Gasteiger partial charge is 0.267 e. The van der Waals surface area contributed by atoms with Crippen LogP contribution in [0.15, 0.2) is 66.7 Å². The molecule has 0 spiro atoms. The van der Waals surface area contributed by atoms with Crippen LogP contribution in [0.25, 0.3) is 10.8 Å². The molecule has 0 saturated heterocycles. The van der Waals surface area contributed by atoms with Crippen LogP contribution in [0, 0.1) is 0 Å². The Bertz CT molecular complexity index is 1030. The monoisotopic (exact) mass is 376 g/mol. The SMILES string of the molecule is CN(CC(=O)Nc1cccc2ccccc12)C(=O)[C@@H]1COc2ccccc2O1. The quantitative estimate of drug-likeness (QED) is 0.760. The number of fused-ring (bicyclic) bond motifs is 2. The highest BCUT2D eigenvalue weighted by Gasteiger charge is 2.30. The highest BCUT2D eigenvalue weighted by molar-refractivity contribution is 6.03. The molecule has 1 atom stereocenters. The summed E-state index contributed by atoms with van der Waals surface area (Å²) in [5.74, 6) is 0.565. The molecule has 0 saturated carbocycles. The van der Waals surface area contributed by atoms with E-state index in [1.165, 1.54) is 4.90 Å². The zero-order valence-electron chi connectivity index (χ0n) is 15.4. The maximum atomic E-state index is 12.6. The number of likely N-dealkylation sites (N-methyl/N-ethyl adjacent to an activating group) is 1. The molecule has 0 fully saturated rings. The summed E-state index contributed by atoms with van der Waals surface area (Å²) in [6, 6.07) is 20.7. The van der Waals surface area contributed by atoms with Gasteiger partial charge in [0.2, 0.25) is 12.0 Å². The third-order valence-electron chi connectivity index (χ3n) is 4.60. The van der Waals surface area contributed by atoms with E-state index in [-0.39, 0.29) is 25.0 Å². The number of nitrogens with zero attached hydrogens (tertiary/aromatic N) is 1. The highest BCUT2D eigenvalue weighted by atomic mass is 16.6. The maximum absolute atomic E-state index is 12.6. The largest absolute Gasteiger partial charge is 0.485 e. The summed E-state index contributed by atoms with van der Waals surface area (Å²) in [6.45, 7) is 0.0364. The molecule has 1 aliphatic rings. The lowest BCUT2D eigenvalue weighted by molar-refractivity contribution is -0.141. The average molecular weight is 376 g/mol. The van der Waals surface area contributed by atoms with Gasteiger partial charge in [-0.15, -0.1) is 0 Å². The van der Waals surface area contributed by atoms with E-state index in [0.717, 1.165) is 16.5 Å². The van der Waals surface area contributed by atoms with Gasteiger partial charge in [0, 0.05) is 18.1 Å². The Morgan fingerprint density at radius 3 is 2.57 bits per heavy atom. The van der Waals surface area contributed by atoms with Gasteiger partial charge in [-0.05, 0) is 23.6 Å². The van der Waals surface area contributed by atoms with Gasteiger partial charge in [0.15, 0.2) is 11.5 Å². The number of hydrogen-bond donors (Lipinski definition) is 1. The summed E-state index contributed by atoms with van der Waals surface area (Å²) in [7, 11) is 1.58. The number of hydrogen-bond acceptors (Lipinski definition) is 4. The molecule has 1 aliphatic heterocycles. The van der Waals surface area contributed by atoms with Crippen LogP contribution in [0.3, 0.4) is 0 Å². The molecule has 0 aromatic heterocycles. The number of anilines is 1. The van der Waals surface area contributed by atoms with E-state index in [1.807, 2.05) is 54.6 Å². The van der Waals surface area contributed by atoms with E-state index in [1.54, 1.807) is 19.2 Å². The zero-order chi connectivity index (χ0) is 19.5. The molecule has 1 heterocycles. The van der Waals surface area contributed by atoms with Gasteiger partial charge < -0.3 is 19.7 Å². The van der Waals surface area contributed by atoms with E-state index >= 15 is 0 Å². The van der Waals surface area contributed by atoms with Gasteiger partial charge >= 0.3 is 0 Å². The van der Waals surface area contributed by atoms with E-state index < -0.39 is 6.10 Å². The van der Waals surface area contributed by atoms with Crippen LogP contribution in [-0.4, -0.2) is 43.0 Å². The van der Waals surface area contributed by atoms with Crippen molar-refractivity contribution >= 4 is 28.3 Å². The number of para-hydroxylation sites is 2. The summed E-state index contributed by atoms with van der Waals surface area (Å²) in [4.78, 5) is 26.5. The molecule has 3 aromatic carbocycles. The lowest BCUT2D eigenvalue weighted by atomic mass is 10.1. The molecule has 6 nitrogen and oxygen atoms in total. The third-order valence-corrected chi connectivity index (χ3v) is 4.60. The van der Waals surface area contributed by atoms with Crippen LogP contribution in [0.4, 0.5) is 5.69 Å². The van der Waals surface area contributed by atoms with Gasteiger partial charge in [0.1, 0.15) is 6.61 Å². The Hall–Kier alpha value is -3.54. The Balaban J connectivity index is 1.40. The van der Waals surface area contributed by atoms with Crippen LogP contribution in [0.2, 0.25) is 0 Å². The van der Waals surface area contributed by atoms with Crippen molar-refractivity contribution in [1.29, 1.82) is 0 Å². The predicted octanol–water partition coefficient (Wildman–Crippen LogP) is 3.08. The van der Waals surface area contributed by atoms with Crippen molar-refractivity contribution in [3.63, 3.8) is 0 Å². The fraction of sp³-hybridized carbons (Fsp3) is 0.182. The number of rotatable bonds is 4. The van der Waals surface area contributed by atoms with Gasteiger partial charge in [-0.2, -0.15) is 0 Å². The molecular weight excluding hydrogens is 356 g/mol. The second-order valence-electron chi connectivity index (χ2n) is 6.63. The first kappa shape index (κ1) is 17.9. The van der Waals surface area contributed by atoms with Crippen molar-refractivity contribution in [3.8, 4) is 11.5 Å². The molecule has 0 bridgehead atoms. The molecule has 6 heteroatoms. The van der Waals surface area contributed by atoms with Crippen LogP contribution in [0.1, 0.15) is 0 Å². The van der Waals surface area contributed by atoms with Gasteiger partial charge in [0.25, 0.3) is 5.91 Å². The summed E-state index contributed by atoms with van der Waals surface area (Å²) in [5.41, 5.74) is 0.718. The highest BCUT2D eigenvalue weighted by Crippen LogP contribution is 2.31. The average Bonchev–Trinajstić information content (AvgIpc) is 2.73. The molecule has 3 aromatic rings. The molecule has 0 aliphatic carbocycles. The number of nitrogens with one attached hydrogen (secondary N) is 1. The summed E-state index contributed by atoms with van der Waals surface area (Å²) in [5, 5.41) is 4.87. The lowest BCUT2D eigenvalue weighted by Gasteiger charge is -2.28. The number of amides is 2. The zero-order valence-corrected chi connectivity index (χ0v) is 15.4. The Labute approximate surface area is 162 Å². The normalized spacial score (nSPS) is 15.1. The fourth-order valence-electron chi connectivity index (χ4n) is 3.20. The minimum absolute atomic E-state index is 0.0798. The van der Waals surface area contributed by atoms with E-state index in [4.69, 9.17) is 9.47 Å². The summed E-state index contributed by atoms with van der Waals surface area (Å²) in [6.07, 6.45) is -0.773. The van der Waals surface area contributed by atoms with Crippen molar-refractivity contribution in [2.24, 2.45) is 0 Å². The fourth-order valence-corrected chi connectivity index (χ4v) is 3.20. The van der Waals surface area contributed by atoms with Crippen molar-refractivity contribution < 1.29 is 19.1 Å². The predicted molar refractivity (Wildman–Crippen MR) is 107 cm³/mol. The minimum Gasteiger partial charge on any atom is -0.485 e. The standard InChI is InChI=1S/C22H20N2O4/c1-24(22(26)20-14-27-18-11-4-5-12-19(18)28-20)13-21(25)23-17-10-6-8-15-7-2-3-9-16(15)17/h2-12,20H,13-14H2,1H3,(H,23,25)/t20-/m0/s1. The van der Waals surface area contributed by atoms with E-state index in [9.17, 15) is 9.59 Å². The Kier molecular flexibility index (Phi) is 4.85. The molecule has 1 N–H and O–H groups in total. The molecular formula is C22H20N2O4. The Morgan fingerprint density at radius 2 is 1.71 bits per heavy atom. The first-order valence-electron chi connectivity index (χ1n) is 9.03. The number of carbonyl (C=O) groups excluding carboxylic acids is 2. The molecule has 0 radical (unpaired) electrons. The van der Waals surface area contributed by atoms with Crippen molar-refractivity contribution in [3.05, 3.63) is 66.7 Å². The van der Waals surface area contributed by atoms with Crippen LogP contribution < -0.4 is 14.8 Å². The molecule has 28 heavy (non-hydrogen) atoms. The van der Waals surface area contributed by atoms with Crippen molar-refractivity contribution in [2.75, 3.05) is 25.5 Å². The van der Waals surface area contributed by atoms with Gasteiger partial charge in [-0.3, -0.25) is 9.59 Å². The second kappa shape index (κ2) is 7.60. The first-order chi connectivity index (χ1) is 13.6. The number of ether oxygens (including phenoxy) is 2. The van der Waals surface area contributed by atoms with Crippen molar-refractivity contribution in [2.45, 2.75) is 6.10 Å². The lowest BCUT2D eigenvalue weighted by Crippen LogP contribution is -2.47. The van der Waals surface area contributed by atoms with E-state index in [2.05, 4.69) is 5.32 Å². The number of benzene rings is 3. The van der Waals surface area contributed by atoms with Crippen LogP contribution in [-0.2, 0) is 9.59 Å². The Morgan fingerprint density at radius 1 is 1.00 bits per heavy atom. The van der Waals surface area contributed by atoms with Gasteiger partial charge in [-0.1, -0.05) is 48.5 Å². The van der Waals surface area contributed by atoms with Crippen molar-refractivity contribution in [1.82, 2.24) is 4.90 Å². The molecule has 2 amide bonds. The summed E-state index contributed by atoms with van der Waals surface area (Å²) >= 11 is 0. The molecule has 0 unspecified atom stereocenters. The van der Waals surface area contributed by atoms with Gasteiger partial charge in [-0.25, -0.2) is 0 Å². The second-order valence-corrected chi connectivity index (χ2v) is 6.63. The molecule has 4 rings (SSSR count). The van der Waals surface area contributed by atoms with E-state index in [0.29, 0.717) is 11.5 Å². The minimum atomic E-state index is -0.773. The molecule has 142 valence electrons. The third kappa shape index (κ3) is 3.62. The topological polar surface area (TPSA) is 67.9 Å². The van der Waals surface area contributed by atoms with Crippen LogP contribution >= 0.6 is 0 Å². The first-order valence-corrected chi connectivity index (χ1v) is 9.03. The van der Waals surface area contributed by atoms with Gasteiger partial charge in [0.05, 0.1) is 6.54 Å². The van der Waals surface area contributed by atoms with Crippen LogP contribution in [0.5, 0.6) is 11.5 Å².